The highest BCUT2D eigenvalue weighted by Crippen LogP contribution is 2.27. The van der Waals surface area contributed by atoms with Crippen LogP contribution in [-0.2, 0) is 9.53 Å². The Kier molecular flexibility index (Phi) is 6.52. The first-order valence-electron chi connectivity index (χ1n) is 6.15. The van der Waals surface area contributed by atoms with Gasteiger partial charge in [0.25, 0.3) is 5.91 Å². The van der Waals surface area contributed by atoms with E-state index in [4.69, 9.17) is 14.2 Å². The number of nitrogens with one attached hydrogen (secondary N) is 1. The van der Waals surface area contributed by atoms with Gasteiger partial charge in [0.2, 0.25) is 0 Å². The van der Waals surface area contributed by atoms with E-state index in [2.05, 4.69) is 5.32 Å². The standard InChI is InChI=1S/C14H19NO5/c1-10(8-18-2)15-14(17)9-20-12-5-4-11(7-16)6-13(12)19-3/h4-7,10H,8-9H2,1-3H3,(H,15,17). The van der Waals surface area contributed by atoms with Crippen LogP contribution in [0.25, 0.3) is 0 Å². The van der Waals surface area contributed by atoms with Crippen molar-refractivity contribution in [1.29, 1.82) is 0 Å². The average Bonchev–Trinajstić information content (AvgIpc) is 2.45. The van der Waals surface area contributed by atoms with E-state index >= 15 is 0 Å². The van der Waals surface area contributed by atoms with Crippen LogP contribution in [0, 0.1) is 0 Å². The molecule has 1 N–H and O–H groups in total. The second-order valence-corrected chi connectivity index (χ2v) is 4.24. The van der Waals surface area contributed by atoms with Crippen molar-refractivity contribution >= 4 is 12.2 Å². The molecule has 0 aliphatic heterocycles. The molecule has 0 aromatic heterocycles. The summed E-state index contributed by atoms with van der Waals surface area (Å²) in [6, 6.07) is 4.65. The Balaban J connectivity index is 2.56. The Labute approximate surface area is 118 Å². The summed E-state index contributed by atoms with van der Waals surface area (Å²) in [6.07, 6.45) is 0.714. The van der Waals surface area contributed by atoms with Gasteiger partial charge < -0.3 is 19.5 Å². The predicted molar refractivity (Wildman–Crippen MR) is 73.4 cm³/mol. The lowest BCUT2D eigenvalue weighted by atomic mass is 10.2. The van der Waals surface area contributed by atoms with Gasteiger partial charge >= 0.3 is 0 Å². The van der Waals surface area contributed by atoms with Crippen molar-refractivity contribution in [3.63, 3.8) is 0 Å². The van der Waals surface area contributed by atoms with Gasteiger partial charge in [0, 0.05) is 18.7 Å². The molecule has 20 heavy (non-hydrogen) atoms. The van der Waals surface area contributed by atoms with E-state index in [9.17, 15) is 9.59 Å². The van der Waals surface area contributed by atoms with Crippen LogP contribution in [-0.4, -0.2) is 45.7 Å². The summed E-state index contributed by atoms with van der Waals surface area (Å²) in [5, 5.41) is 2.73. The molecule has 0 heterocycles. The minimum Gasteiger partial charge on any atom is -0.493 e. The molecule has 0 spiro atoms. The summed E-state index contributed by atoms with van der Waals surface area (Å²) < 4.78 is 15.4. The van der Waals surface area contributed by atoms with Gasteiger partial charge in [-0.2, -0.15) is 0 Å². The maximum absolute atomic E-state index is 11.6. The molecule has 1 atom stereocenters. The number of carbonyl (C=O) groups is 2. The molecule has 0 radical (unpaired) electrons. The van der Waals surface area contributed by atoms with Crippen molar-refractivity contribution < 1.29 is 23.8 Å². The molecule has 1 unspecified atom stereocenters. The van der Waals surface area contributed by atoms with E-state index < -0.39 is 0 Å². The molecule has 110 valence electrons. The molecular weight excluding hydrogens is 262 g/mol. The highest BCUT2D eigenvalue weighted by Gasteiger charge is 2.10. The highest BCUT2D eigenvalue weighted by molar-refractivity contribution is 5.78. The number of carbonyl (C=O) groups excluding carboxylic acids is 2. The summed E-state index contributed by atoms with van der Waals surface area (Å²) in [7, 11) is 3.04. The minimum atomic E-state index is -0.254. The first-order chi connectivity index (χ1) is 9.60. The number of ether oxygens (including phenoxy) is 3. The van der Waals surface area contributed by atoms with Crippen molar-refractivity contribution in [2.75, 3.05) is 27.4 Å². The molecular formula is C14H19NO5. The summed E-state index contributed by atoms with van der Waals surface area (Å²) in [5.41, 5.74) is 0.479. The van der Waals surface area contributed by atoms with E-state index in [0.29, 0.717) is 30.0 Å². The van der Waals surface area contributed by atoms with E-state index in [1.807, 2.05) is 6.92 Å². The second kappa shape index (κ2) is 8.16. The van der Waals surface area contributed by atoms with Crippen molar-refractivity contribution in [3.8, 4) is 11.5 Å². The molecule has 0 saturated heterocycles. The molecule has 0 fully saturated rings. The van der Waals surface area contributed by atoms with Crippen LogP contribution in [0.4, 0.5) is 0 Å². The van der Waals surface area contributed by atoms with Crippen LogP contribution >= 0.6 is 0 Å². The molecule has 1 rings (SSSR count). The van der Waals surface area contributed by atoms with Crippen LogP contribution in [0.1, 0.15) is 17.3 Å². The Morgan fingerprint density at radius 3 is 2.70 bits per heavy atom. The summed E-state index contributed by atoms with van der Waals surface area (Å²) in [5.74, 6) is 0.566. The number of hydrogen-bond acceptors (Lipinski definition) is 5. The van der Waals surface area contributed by atoms with Crippen molar-refractivity contribution in [2.45, 2.75) is 13.0 Å². The largest absolute Gasteiger partial charge is 0.493 e. The third kappa shape index (κ3) is 4.89. The highest BCUT2D eigenvalue weighted by atomic mass is 16.5. The van der Waals surface area contributed by atoms with Crippen molar-refractivity contribution in [3.05, 3.63) is 23.8 Å². The Morgan fingerprint density at radius 1 is 1.35 bits per heavy atom. The second-order valence-electron chi connectivity index (χ2n) is 4.24. The predicted octanol–water partition coefficient (Wildman–Crippen LogP) is 1.04. The first kappa shape index (κ1) is 16.0. The van der Waals surface area contributed by atoms with Crippen LogP contribution in [0.2, 0.25) is 0 Å². The molecule has 6 nitrogen and oxygen atoms in total. The third-order valence-corrected chi connectivity index (χ3v) is 2.51. The molecule has 1 aromatic carbocycles. The average molecular weight is 281 g/mol. The zero-order chi connectivity index (χ0) is 15.0. The first-order valence-corrected chi connectivity index (χ1v) is 6.15. The number of methoxy groups -OCH3 is 2. The maximum atomic E-state index is 11.6. The van der Waals surface area contributed by atoms with Crippen LogP contribution in [0.15, 0.2) is 18.2 Å². The van der Waals surface area contributed by atoms with Crippen molar-refractivity contribution in [2.24, 2.45) is 0 Å². The number of benzene rings is 1. The summed E-state index contributed by atoms with van der Waals surface area (Å²) >= 11 is 0. The minimum absolute atomic E-state index is 0.0876. The van der Waals surface area contributed by atoms with Crippen LogP contribution in [0.5, 0.6) is 11.5 Å². The molecule has 0 bridgehead atoms. The van der Waals surface area contributed by atoms with Crippen LogP contribution in [0.3, 0.4) is 0 Å². The molecule has 1 amide bonds. The SMILES string of the molecule is COCC(C)NC(=O)COc1ccc(C=O)cc1OC. The lowest BCUT2D eigenvalue weighted by molar-refractivity contribution is -0.124. The van der Waals surface area contributed by atoms with Gasteiger partial charge in [-0.3, -0.25) is 9.59 Å². The number of rotatable bonds is 8. The van der Waals surface area contributed by atoms with E-state index in [1.54, 1.807) is 25.3 Å². The van der Waals surface area contributed by atoms with Gasteiger partial charge in [-0.15, -0.1) is 0 Å². The molecule has 0 aliphatic carbocycles. The number of amides is 1. The maximum Gasteiger partial charge on any atom is 0.258 e. The Hall–Kier alpha value is -2.08. The fourth-order valence-corrected chi connectivity index (χ4v) is 1.63. The van der Waals surface area contributed by atoms with Crippen LogP contribution < -0.4 is 14.8 Å². The van der Waals surface area contributed by atoms with Gasteiger partial charge in [0.1, 0.15) is 6.29 Å². The summed E-state index contributed by atoms with van der Waals surface area (Å²) in [4.78, 5) is 22.3. The van der Waals surface area contributed by atoms with Crippen molar-refractivity contribution in [1.82, 2.24) is 5.32 Å². The van der Waals surface area contributed by atoms with Gasteiger partial charge in [0.05, 0.1) is 13.7 Å². The number of hydrogen-bond donors (Lipinski definition) is 1. The summed E-state index contributed by atoms with van der Waals surface area (Å²) in [6.45, 7) is 2.13. The molecule has 6 heteroatoms. The lowest BCUT2D eigenvalue weighted by Crippen LogP contribution is -2.38. The van der Waals surface area contributed by atoms with E-state index in [0.717, 1.165) is 0 Å². The fraction of sp³-hybridized carbons (Fsp3) is 0.429. The fourth-order valence-electron chi connectivity index (χ4n) is 1.63. The monoisotopic (exact) mass is 281 g/mol. The molecule has 0 aliphatic rings. The Bertz CT molecular complexity index is 461. The zero-order valence-corrected chi connectivity index (χ0v) is 11.8. The topological polar surface area (TPSA) is 73.9 Å². The third-order valence-electron chi connectivity index (χ3n) is 2.51. The van der Waals surface area contributed by atoms with Gasteiger partial charge in [-0.25, -0.2) is 0 Å². The van der Waals surface area contributed by atoms with Gasteiger partial charge in [-0.1, -0.05) is 0 Å². The smallest absolute Gasteiger partial charge is 0.258 e. The van der Waals surface area contributed by atoms with E-state index in [-0.39, 0.29) is 18.6 Å². The zero-order valence-electron chi connectivity index (χ0n) is 11.8. The number of aldehydes is 1. The van der Waals surface area contributed by atoms with Gasteiger partial charge in [0.15, 0.2) is 18.1 Å². The van der Waals surface area contributed by atoms with E-state index in [1.165, 1.54) is 7.11 Å². The quantitative estimate of drug-likeness (QED) is 0.721. The molecule has 1 aromatic rings. The molecule has 0 saturated carbocycles. The van der Waals surface area contributed by atoms with Gasteiger partial charge in [-0.05, 0) is 25.1 Å². The lowest BCUT2D eigenvalue weighted by Gasteiger charge is -2.14. The normalized spacial score (nSPS) is 11.6. The Morgan fingerprint density at radius 2 is 2.10 bits per heavy atom.